The second kappa shape index (κ2) is 8.80. The quantitative estimate of drug-likeness (QED) is 0.425. The van der Waals surface area contributed by atoms with Gasteiger partial charge >= 0.3 is 5.97 Å². The predicted octanol–water partition coefficient (Wildman–Crippen LogP) is 3.33. The molecular formula is C18H20O5. The lowest BCUT2D eigenvalue weighted by atomic mass is 10.2. The summed E-state index contributed by atoms with van der Waals surface area (Å²) in [5, 5.41) is 0. The number of rotatable bonds is 8. The Balaban J connectivity index is 1.88. The van der Waals surface area contributed by atoms with Gasteiger partial charge in [-0.1, -0.05) is 0 Å². The smallest absolute Gasteiger partial charge is 0.343 e. The summed E-state index contributed by atoms with van der Waals surface area (Å²) in [6.07, 6.45) is 0.817. The molecule has 0 saturated heterocycles. The Morgan fingerprint density at radius 3 is 2.04 bits per heavy atom. The van der Waals surface area contributed by atoms with Gasteiger partial charge in [-0.25, -0.2) is 4.79 Å². The Labute approximate surface area is 135 Å². The third-order valence-corrected chi connectivity index (χ3v) is 3.12. The van der Waals surface area contributed by atoms with Crippen LogP contribution in [0.5, 0.6) is 17.2 Å². The zero-order valence-corrected chi connectivity index (χ0v) is 13.3. The number of ether oxygens (including phenoxy) is 4. The van der Waals surface area contributed by atoms with Crippen LogP contribution in [0.25, 0.3) is 0 Å². The molecule has 2 rings (SSSR count). The van der Waals surface area contributed by atoms with Crippen LogP contribution in [0.4, 0.5) is 0 Å². The molecule has 2 aromatic rings. The summed E-state index contributed by atoms with van der Waals surface area (Å²) >= 11 is 0. The number of hydrogen-bond acceptors (Lipinski definition) is 5. The average Bonchev–Trinajstić information content (AvgIpc) is 2.60. The van der Waals surface area contributed by atoms with Gasteiger partial charge in [-0.15, -0.1) is 0 Å². The van der Waals surface area contributed by atoms with Gasteiger partial charge in [0.15, 0.2) is 0 Å². The van der Waals surface area contributed by atoms with E-state index in [9.17, 15) is 4.79 Å². The summed E-state index contributed by atoms with van der Waals surface area (Å²) in [5.41, 5.74) is 0.463. The van der Waals surface area contributed by atoms with Crippen molar-refractivity contribution in [3.05, 3.63) is 54.1 Å². The minimum Gasteiger partial charge on any atom is -0.497 e. The molecule has 0 atom stereocenters. The molecule has 5 heteroatoms. The van der Waals surface area contributed by atoms with Crippen LogP contribution < -0.4 is 14.2 Å². The highest BCUT2D eigenvalue weighted by atomic mass is 16.5. The summed E-state index contributed by atoms with van der Waals surface area (Å²) in [5.74, 6) is 1.47. The first kappa shape index (κ1) is 16.8. The van der Waals surface area contributed by atoms with Crippen LogP contribution in [0.1, 0.15) is 16.8 Å². The van der Waals surface area contributed by atoms with Gasteiger partial charge in [0.1, 0.15) is 17.2 Å². The molecule has 0 aliphatic rings. The number of benzene rings is 2. The molecule has 0 N–H and O–H groups in total. The van der Waals surface area contributed by atoms with Crippen LogP contribution in [0.3, 0.4) is 0 Å². The van der Waals surface area contributed by atoms with E-state index >= 15 is 0 Å². The first-order chi connectivity index (χ1) is 11.2. The van der Waals surface area contributed by atoms with Crippen LogP contribution in [0, 0.1) is 0 Å². The van der Waals surface area contributed by atoms with Crippen molar-refractivity contribution < 1.29 is 23.7 Å². The van der Waals surface area contributed by atoms with E-state index in [4.69, 9.17) is 18.9 Å². The lowest BCUT2D eigenvalue weighted by Gasteiger charge is -2.08. The second-order valence-electron chi connectivity index (χ2n) is 4.78. The van der Waals surface area contributed by atoms with Crippen molar-refractivity contribution >= 4 is 5.97 Å². The summed E-state index contributed by atoms with van der Waals surface area (Å²) in [6, 6.07) is 13.7. The molecule has 0 bridgehead atoms. The third kappa shape index (κ3) is 5.30. The van der Waals surface area contributed by atoms with Crippen molar-refractivity contribution in [2.24, 2.45) is 0 Å². The minimum absolute atomic E-state index is 0.416. The van der Waals surface area contributed by atoms with Gasteiger partial charge in [0.05, 0.1) is 19.3 Å². The van der Waals surface area contributed by atoms with Crippen LogP contribution in [-0.4, -0.2) is 33.4 Å². The SMILES string of the molecule is COCCCOc1ccc(C(=O)Oc2ccc(OC)cc2)cc1. The van der Waals surface area contributed by atoms with Crippen molar-refractivity contribution in [1.82, 2.24) is 0 Å². The fraction of sp³-hybridized carbons (Fsp3) is 0.278. The summed E-state index contributed by atoms with van der Waals surface area (Å²) in [6.45, 7) is 1.23. The monoisotopic (exact) mass is 316 g/mol. The molecule has 5 nitrogen and oxygen atoms in total. The van der Waals surface area contributed by atoms with E-state index in [0.29, 0.717) is 36.0 Å². The van der Waals surface area contributed by atoms with E-state index in [2.05, 4.69) is 0 Å². The van der Waals surface area contributed by atoms with Crippen molar-refractivity contribution in [2.45, 2.75) is 6.42 Å². The van der Waals surface area contributed by atoms with Crippen LogP contribution in [-0.2, 0) is 4.74 Å². The van der Waals surface area contributed by atoms with E-state index < -0.39 is 5.97 Å². The van der Waals surface area contributed by atoms with Crippen LogP contribution >= 0.6 is 0 Å². The first-order valence-electron chi connectivity index (χ1n) is 7.31. The van der Waals surface area contributed by atoms with Gasteiger partial charge in [0.2, 0.25) is 0 Å². The van der Waals surface area contributed by atoms with E-state index in [-0.39, 0.29) is 0 Å². The molecule has 0 saturated carbocycles. The highest BCUT2D eigenvalue weighted by Gasteiger charge is 2.09. The summed E-state index contributed by atoms with van der Waals surface area (Å²) < 4.78 is 20.9. The maximum absolute atomic E-state index is 12.1. The molecule has 0 aliphatic carbocycles. The molecule has 0 radical (unpaired) electrons. The standard InChI is InChI=1S/C18H20O5/c1-20-12-3-13-22-16-6-4-14(5-7-16)18(19)23-17-10-8-15(21-2)9-11-17/h4-11H,3,12-13H2,1-2H3. The molecule has 0 heterocycles. The highest BCUT2D eigenvalue weighted by molar-refractivity contribution is 5.91. The summed E-state index contributed by atoms with van der Waals surface area (Å²) in [7, 11) is 3.24. The molecule has 122 valence electrons. The molecule has 0 aromatic heterocycles. The van der Waals surface area contributed by atoms with E-state index in [1.54, 1.807) is 62.8 Å². The fourth-order valence-corrected chi connectivity index (χ4v) is 1.89. The van der Waals surface area contributed by atoms with Crippen LogP contribution in [0.15, 0.2) is 48.5 Å². The van der Waals surface area contributed by atoms with Crippen molar-refractivity contribution in [3.63, 3.8) is 0 Å². The lowest BCUT2D eigenvalue weighted by molar-refractivity contribution is 0.0734. The molecule has 0 amide bonds. The minimum atomic E-state index is -0.416. The second-order valence-corrected chi connectivity index (χ2v) is 4.78. The van der Waals surface area contributed by atoms with Gasteiger partial charge in [-0.05, 0) is 48.5 Å². The average molecular weight is 316 g/mol. The van der Waals surface area contributed by atoms with Gasteiger partial charge in [0, 0.05) is 20.1 Å². The largest absolute Gasteiger partial charge is 0.497 e. The number of esters is 1. The Morgan fingerprint density at radius 1 is 0.826 bits per heavy atom. The molecule has 0 fully saturated rings. The molecule has 0 aliphatic heterocycles. The molecule has 0 spiro atoms. The molecule has 0 unspecified atom stereocenters. The predicted molar refractivity (Wildman–Crippen MR) is 86.4 cm³/mol. The summed E-state index contributed by atoms with van der Waals surface area (Å²) in [4.78, 5) is 12.1. The van der Waals surface area contributed by atoms with Gasteiger partial charge in [0.25, 0.3) is 0 Å². The molecule has 2 aromatic carbocycles. The maximum Gasteiger partial charge on any atom is 0.343 e. The van der Waals surface area contributed by atoms with E-state index in [0.717, 1.165) is 6.42 Å². The zero-order valence-electron chi connectivity index (χ0n) is 13.3. The zero-order chi connectivity index (χ0) is 16.5. The van der Waals surface area contributed by atoms with Crippen molar-refractivity contribution in [1.29, 1.82) is 0 Å². The van der Waals surface area contributed by atoms with Gasteiger partial charge < -0.3 is 18.9 Å². The fourth-order valence-electron chi connectivity index (χ4n) is 1.89. The maximum atomic E-state index is 12.1. The number of carbonyl (C=O) groups is 1. The number of carbonyl (C=O) groups excluding carboxylic acids is 1. The molecule has 23 heavy (non-hydrogen) atoms. The number of methoxy groups -OCH3 is 2. The van der Waals surface area contributed by atoms with Crippen molar-refractivity contribution in [2.75, 3.05) is 27.4 Å². The number of hydrogen-bond donors (Lipinski definition) is 0. The van der Waals surface area contributed by atoms with E-state index in [1.807, 2.05) is 0 Å². The highest BCUT2D eigenvalue weighted by Crippen LogP contribution is 2.19. The lowest BCUT2D eigenvalue weighted by Crippen LogP contribution is -2.08. The van der Waals surface area contributed by atoms with Gasteiger partial charge in [-0.2, -0.15) is 0 Å². The van der Waals surface area contributed by atoms with Crippen molar-refractivity contribution in [3.8, 4) is 17.2 Å². The Bertz CT molecular complexity index is 604. The Morgan fingerprint density at radius 2 is 1.43 bits per heavy atom. The first-order valence-corrected chi connectivity index (χ1v) is 7.31. The molecular weight excluding hydrogens is 296 g/mol. The Kier molecular flexibility index (Phi) is 6.44. The van der Waals surface area contributed by atoms with Gasteiger partial charge in [-0.3, -0.25) is 0 Å². The normalized spacial score (nSPS) is 10.2. The van der Waals surface area contributed by atoms with E-state index in [1.165, 1.54) is 0 Å². The Hall–Kier alpha value is -2.53. The third-order valence-electron chi connectivity index (χ3n) is 3.12. The van der Waals surface area contributed by atoms with Crippen LogP contribution in [0.2, 0.25) is 0 Å². The topological polar surface area (TPSA) is 54.0 Å².